The number of rotatable bonds is 4. The summed E-state index contributed by atoms with van der Waals surface area (Å²) in [5.74, 6) is 1.73. The van der Waals surface area contributed by atoms with Crippen molar-refractivity contribution in [2.75, 3.05) is 0 Å². The average Bonchev–Trinajstić information content (AvgIpc) is 2.84. The zero-order valence-electron chi connectivity index (χ0n) is 9.99. The topological polar surface area (TPSA) is 82.8 Å². The molecule has 92 valence electrons. The first-order valence-corrected chi connectivity index (χ1v) is 6.17. The van der Waals surface area contributed by atoms with Crippen molar-refractivity contribution < 1.29 is 4.42 Å². The van der Waals surface area contributed by atoms with Crippen molar-refractivity contribution in [2.45, 2.75) is 30.3 Å². The molecule has 0 saturated heterocycles. The van der Waals surface area contributed by atoms with Crippen molar-refractivity contribution in [3.8, 4) is 0 Å². The normalized spacial score (nSPS) is 14.8. The Labute approximate surface area is 104 Å². The number of aromatic nitrogens is 4. The van der Waals surface area contributed by atoms with E-state index in [0.717, 1.165) is 16.7 Å². The fraction of sp³-hybridized carbons (Fsp3) is 0.500. The lowest BCUT2D eigenvalue weighted by molar-refractivity contribution is 0.464. The fourth-order valence-electron chi connectivity index (χ4n) is 1.47. The third kappa shape index (κ3) is 2.67. The molecule has 2 atom stereocenters. The van der Waals surface area contributed by atoms with E-state index in [4.69, 9.17) is 10.2 Å². The van der Waals surface area contributed by atoms with Crippen molar-refractivity contribution in [1.82, 2.24) is 20.2 Å². The van der Waals surface area contributed by atoms with Crippen molar-refractivity contribution in [1.29, 1.82) is 0 Å². The summed E-state index contributed by atoms with van der Waals surface area (Å²) in [5.41, 5.74) is 5.99. The van der Waals surface area contributed by atoms with E-state index in [9.17, 15) is 0 Å². The van der Waals surface area contributed by atoms with Crippen LogP contribution in [0.2, 0.25) is 0 Å². The first-order valence-electron chi connectivity index (χ1n) is 5.29. The van der Waals surface area contributed by atoms with Crippen LogP contribution in [0.5, 0.6) is 0 Å². The second-order valence-corrected chi connectivity index (χ2v) is 5.04. The van der Waals surface area contributed by atoms with E-state index in [2.05, 4.69) is 15.5 Å². The van der Waals surface area contributed by atoms with Crippen molar-refractivity contribution >= 4 is 11.8 Å². The van der Waals surface area contributed by atoms with Gasteiger partial charge in [-0.1, -0.05) is 11.8 Å². The lowest BCUT2D eigenvalue weighted by Gasteiger charge is -2.16. The molecule has 17 heavy (non-hydrogen) atoms. The number of nitrogens with zero attached hydrogens (tertiary/aromatic N) is 4. The van der Waals surface area contributed by atoms with Crippen LogP contribution in [0, 0.1) is 6.92 Å². The largest absolute Gasteiger partial charge is 0.465 e. The first kappa shape index (κ1) is 12.1. The lowest BCUT2D eigenvalue weighted by atomic mass is 10.2. The molecule has 2 N–H and O–H groups in total. The quantitative estimate of drug-likeness (QED) is 0.827. The van der Waals surface area contributed by atoms with E-state index in [-0.39, 0.29) is 11.3 Å². The second kappa shape index (κ2) is 4.89. The molecular weight excluding hydrogens is 238 g/mol. The van der Waals surface area contributed by atoms with Crippen LogP contribution < -0.4 is 5.73 Å². The summed E-state index contributed by atoms with van der Waals surface area (Å²) in [4.78, 5) is 0. The van der Waals surface area contributed by atoms with Crippen molar-refractivity contribution in [3.63, 3.8) is 0 Å². The smallest absolute Gasteiger partial charge is 0.209 e. The molecule has 0 aliphatic heterocycles. The molecule has 2 heterocycles. The Hall–Kier alpha value is -1.34. The van der Waals surface area contributed by atoms with E-state index >= 15 is 0 Å². The molecule has 2 aromatic rings. The maximum absolute atomic E-state index is 5.99. The lowest BCUT2D eigenvalue weighted by Crippen LogP contribution is -2.22. The third-order valence-electron chi connectivity index (χ3n) is 2.33. The van der Waals surface area contributed by atoms with Crippen LogP contribution in [0.4, 0.5) is 0 Å². The molecule has 0 aliphatic rings. The zero-order chi connectivity index (χ0) is 12.4. The number of thioether (sulfide) groups is 1. The number of hydrogen-bond acceptors (Lipinski definition) is 6. The SMILES string of the molecule is Cc1ccc(C(Sc2nnnn2C)C(C)N)o1. The average molecular weight is 253 g/mol. The van der Waals surface area contributed by atoms with Gasteiger partial charge in [-0.25, -0.2) is 4.68 Å². The summed E-state index contributed by atoms with van der Waals surface area (Å²) in [5, 5.41) is 12.1. The molecule has 2 unspecified atom stereocenters. The van der Waals surface area contributed by atoms with Gasteiger partial charge in [0, 0.05) is 13.1 Å². The van der Waals surface area contributed by atoms with E-state index < -0.39 is 0 Å². The predicted octanol–water partition coefficient (Wildman–Crippen LogP) is 1.29. The molecule has 0 radical (unpaired) electrons. The maximum Gasteiger partial charge on any atom is 0.209 e. The number of aryl methyl sites for hydroxylation is 2. The van der Waals surface area contributed by atoms with Gasteiger partial charge in [-0.15, -0.1) is 5.10 Å². The van der Waals surface area contributed by atoms with Crippen LogP contribution in [0.1, 0.15) is 23.7 Å². The molecule has 0 fully saturated rings. The van der Waals surface area contributed by atoms with E-state index in [1.54, 1.807) is 11.7 Å². The minimum absolute atomic E-state index is 0.00778. The molecule has 2 rings (SSSR count). The van der Waals surface area contributed by atoms with E-state index in [1.807, 2.05) is 26.0 Å². The maximum atomic E-state index is 5.99. The summed E-state index contributed by atoms with van der Waals surface area (Å²) in [7, 11) is 1.80. The highest BCUT2D eigenvalue weighted by atomic mass is 32.2. The minimum atomic E-state index is -0.0535. The number of nitrogens with two attached hydrogens (primary N) is 1. The van der Waals surface area contributed by atoms with Gasteiger partial charge in [0.15, 0.2) is 0 Å². The van der Waals surface area contributed by atoms with Gasteiger partial charge in [0.25, 0.3) is 0 Å². The van der Waals surface area contributed by atoms with Gasteiger partial charge in [0.1, 0.15) is 11.5 Å². The molecule has 0 aliphatic carbocycles. The molecule has 7 heteroatoms. The Balaban J connectivity index is 2.22. The van der Waals surface area contributed by atoms with Crippen LogP contribution in [0.3, 0.4) is 0 Å². The van der Waals surface area contributed by atoms with E-state index in [1.165, 1.54) is 11.8 Å². The second-order valence-electron chi connectivity index (χ2n) is 3.93. The Morgan fingerprint density at radius 1 is 1.47 bits per heavy atom. The summed E-state index contributed by atoms with van der Waals surface area (Å²) in [6.45, 7) is 3.86. The summed E-state index contributed by atoms with van der Waals surface area (Å²) in [6.07, 6.45) is 0. The highest BCUT2D eigenvalue weighted by Crippen LogP contribution is 2.36. The van der Waals surface area contributed by atoms with Crippen LogP contribution in [-0.2, 0) is 7.05 Å². The number of furan rings is 1. The van der Waals surface area contributed by atoms with Crippen LogP contribution in [0.25, 0.3) is 0 Å². The predicted molar refractivity (Wildman–Crippen MR) is 64.5 cm³/mol. The Morgan fingerprint density at radius 2 is 2.24 bits per heavy atom. The van der Waals surface area contributed by atoms with Crippen molar-refractivity contribution in [2.24, 2.45) is 12.8 Å². The monoisotopic (exact) mass is 253 g/mol. The highest BCUT2D eigenvalue weighted by molar-refractivity contribution is 7.99. The highest BCUT2D eigenvalue weighted by Gasteiger charge is 2.23. The third-order valence-corrected chi connectivity index (χ3v) is 3.80. The molecule has 0 aromatic carbocycles. The molecular formula is C10H15N5OS. The van der Waals surface area contributed by atoms with Gasteiger partial charge in [0.2, 0.25) is 5.16 Å². The molecule has 0 saturated carbocycles. The zero-order valence-corrected chi connectivity index (χ0v) is 10.8. The molecule has 6 nitrogen and oxygen atoms in total. The Morgan fingerprint density at radius 3 is 2.71 bits per heavy atom. The molecule has 2 aromatic heterocycles. The molecule has 0 spiro atoms. The number of hydrogen-bond donors (Lipinski definition) is 1. The summed E-state index contributed by atoms with van der Waals surface area (Å²) < 4.78 is 7.24. The molecule has 0 amide bonds. The van der Waals surface area contributed by atoms with Gasteiger partial charge in [-0.05, 0) is 36.4 Å². The van der Waals surface area contributed by atoms with E-state index in [0.29, 0.717) is 0 Å². The minimum Gasteiger partial charge on any atom is -0.465 e. The standard InChI is InChI=1S/C10H15N5OS/c1-6-4-5-8(16-6)9(7(2)11)17-10-12-13-14-15(10)3/h4-5,7,9H,11H2,1-3H3. The van der Waals surface area contributed by atoms with Crippen LogP contribution in [-0.4, -0.2) is 26.2 Å². The number of tetrazole rings is 1. The van der Waals surface area contributed by atoms with Gasteiger partial charge in [-0.3, -0.25) is 0 Å². The van der Waals surface area contributed by atoms with Gasteiger partial charge < -0.3 is 10.2 Å². The summed E-state index contributed by atoms with van der Waals surface area (Å²) in [6, 6.07) is 3.82. The Bertz CT molecular complexity index is 492. The fourth-order valence-corrected chi connectivity index (χ4v) is 2.42. The van der Waals surface area contributed by atoms with Gasteiger partial charge in [0.05, 0.1) is 5.25 Å². The van der Waals surface area contributed by atoms with Crippen molar-refractivity contribution in [3.05, 3.63) is 23.7 Å². The van der Waals surface area contributed by atoms with Crippen LogP contribution in [0.15, 0.2) is 21.7 Å². The Kier molecular flexibility index (Phi) is 3.49. The van der Waals surface area contributed by atoms with Gasteiger partial charge >= 0.3 is 0 Å². The summed E-state index contributed by atoms with van der Waals surface area (Å²) >= 11 is 1.50. The first-order chi connectivity index (χ1) is 8.08. The molecule has 0 bridgehead atoms. The van der Waals surface area contributed by atoms with Gasteiger partial charge in [-0.2, -0.15) is 0 Å². The van der Waals surface area contributed by atoms with Crippen LogP contribution >= 0.6 is 11.8 Å².